The summed E-state index contributed by atoms with van der Waals surface area (Å²) in [6, 6.07) is 73.3. The molecule has 1 spiro atoms. The lowest BCUT2D eigenvalue weighted by Crippen LogP contribution is -2.47. The van der Waals surface area contributed by atoms with Crippen LogP contribution in [0.5, 0.6) is 0 Å². The molecule has 2 aliphatic carbocycles. The molecular weight excluding hydrogens is 1100 g/mol. The van der Waals surface area contributed by atoms with Gasteiger partial charge < -0.3 is 9.47 Å². The van der Waals surface area contributed by atoms with Crippen molar-refractivity contribution in [3.63, 3.8) is 0 Å². The van der Waals surface area contributed by atoms with Gasteiger partial charge in [-0.2, -0.15) is 0 Å². The van der Waals surface area contributed by atoms with Crippen LogP contribution in [0.3, 0.4) is 0 Å². The van der Waals surface area contributed by atoms with Gasteiger partial charge in [0.2, 0.25) is 0 Å². The minimum absolute atomic E-state index is 0.117. The highest BCUT2D eigenvalue weighted by molar-refractivity contribution is 5.68. The van der Waals surface area contributed by atoms with Gasteiger partial charge >= 0.3 is 0 Å². The van der Waals surface area contributed by atoms with Gasteiger partial charge in [-0.05, 0) is 243 Å². The van der Waals surface area contributed by atoms with Crippen LogP contribution in [0.1, 0.15) is 134 Å². The van der Waals surface area contributed by atoms with Gasteiger partial charge in [-0.25, -0.2) is 0 Å². The summed E-state index contributed by atoms with van der Waals surface area (Å²) in [7, 11) is 0. The first-order valence-corrected chi connectivity index (χ1v) is 31.0. The van der Waals surface area contributed by atoms with Crippen molar-refractivity contribution in [1.29, 1.82) is 0 Å². The summed E-state index contributed by atoms with van der Waals surface area (Å²) in [6.45, 7) is 9.85. The number of benzene rings is 10. The Morgan fingerprint density at radius 3 is 0.582 bits per heavy atom. The summed E-state index contributed by atoms with van der Waals surface area (Å²) in [5.74, 6) is 55.0. The van der Waals surface area contributed by atoms with E-state index in [2.05, 4.69) is 219 Å². The SMILES string of the molecule is Cc1c(C)c(C#Cc2ccc(C#Cc3ccccc3)cc2)c2c(c1C#Cc1ccc(C#Cc3ccccc3)cc1)CC1Cc3c(C#Cc4ccc(C#Cc5ccccc5)cc4)c(C)c(C)c(C#Cc4ccc(C#Cc5ccccc5)cc4)c3CC(C2)C12OCCO2. The molecule has 0 unspecified atom stereocenters. The fourth-order valence-corrected chi connectivity index (χ4v) is 12.5. The monoisotopic (exact) mass is 1160 g/mol. The molecule has 0 aromatic heterocycles. The summed E-state index contributed by atoms with van der Waals surface area (Å²) in [6.07, 6.45) is 2.61. The topological polar surface area (TPSA) is 18.5 Å². The largest absolute Gasteiger partial charge is 0.347 e. The van der Waals surface area contributed by atoms with E-state index >= 15 is 0 Å². The van der Waals surface area contributed by atoms with Crippen LogP contribution in [0.25, 0.3) is 0 Å². The van der Waals surface area contributed by atoms with E-state index in [-0.39, 0.29) is 11.8 Å². The average molecular weight is 1160 g/mol. The molecule has 2 bridgehead atoms. The third-order valence-corrected chi connectivity index (χ3v) is 17.6. The Bertz CT molecular complexity index is 4330. The van der Waals surface area contributed by atoms with Crippen molar-refractivity contribution in [2.24, 2.45) is 11.8 Å². The average Bonchev–Trinajstić information content (AvgIpc) is 1.66. The van der Waals surface area contributed by atoms with Gasteiger partial charge in [0.15, 0.2) is 5.79 Å². The second-order valence-corrected chi connectivity index (χ2v) is 23.3. The molecule has 1 fully saturated rings. The Morgan fingerprint density at radius 1 is 0.231 bits per heavy atom. The molecule has 1 saturated heterocycles. The number of rotatable bonds is 0. The van der Waals surface area contributed by atoms with Gasteiger partial charge in [0.25, 0.3) is 0 Å². The molecule has 430 valence electrons. The lowest BCUT2D eigenvalue weighted by atomic mass is 9.79. The Morgan fingerprint density at radius 2 is 0.396 bits per heavy atom. The smallest absolute Gasteiger partial charge is 0.175 e. The zero-order valence-electron chi connectivity index (χ0n) is 51.5. The number of fused-ring (bicyclic) bond motifs is 2. The van der Waals surface area contributed by atoms with E-state index in [0.717, 1.165) is 111 Å². The van der Waals surface area contributed by atoms with Crippen LogP contribution in [0.15, 0.2) is 218 Å². The molecule has 3 aliphatic rings. The van der Waals surface area contributed by atoms with Crippen molar-refractivity contribution >= 4 is 0 Å². The van der Waals surface area contributed by atoms with Gasteiger partial charge in [0.05, 0.1) is 13.2 Å². The minimum Gasteiger partial charge on any atom is -0.347 e. The Hall–Kier alpha value is -11.4. The highest BCUT2D eigenvalue weighted by Gasteiger charge is 2.55. The normalized spacial score (nSPS) is 14.3. The summed E-state index contributed by atoms with van der Waals surface area (Å²) >= 11 is 0. The van der Waals surface area contributed by atoms with Crippen LogP contribution in [-0.2, 0) is 35.2 Å². The summed E-state index contributed by atoms with van der Waals surface area (Å²) in [5.41, 5.74) is 24.7. The van der Waals surface area contributed by atoms with E-state index < -0.39 is 5.79 Å². The third kappa shape index (κ3) is 13.4. The van der Waals surface area contributed by atoms with Crippen molar-refractivity contribution < 1.29 is 9.47 Å². The predicted molar refractivity (Wildman–Crippen MR) is 368 cm³/mol. The molecule has 0 atom stereocenters. The zero-order chi connectivity index (χ0) is 61.9. The fraction of sp³-hybridized carbons (Fsp3) is 0.146. The second-order valence-electron chi connectivity index (χ2n) is 23.3. The van der Waals surface area contributed by atoms with Crippen molar-refractivity contribution in [2.45, 2.75) is 59.2 Å². The van der Waals surface area contributed by atoms with Crippen LogP contribution < -0.4 is 0 Å². The van der Waals surface area contributed by atoms with Crippen LogP contribution in [-0.4, -0.2) is 19.0 Å². The van der Waals surface area contributed by atoms with Crippen LogP contribution in [0.2, 0.25) is 0 Å². The first kappa shape index (κ1) is 58.6. The summed E-state index contributed by atoms with van der Waals surface area (Å²) in [4.78, 5) is 0. The standard InChI is InChI=1S/C89H62O2/c1-63-64(2)82(54-50-76-43-35-72(36-44-76)30-26-68-19-11-6-12-20-68)86-60-80-62-88-84(56-52-78-47-39-74(40-48-78)32-28-70-23-15-8-16-24-70)66(4)65(3)83(55-51-77-45-37-73(38-46-77)31-27-69-21-13-7-14-22-69)87(88)61-79(89(80)90-57-58-91-89)59-85(86)81(63)53-49-75-41-33-71(34-42-75)29-25-67-17-9-5-10-18-67/h5-24,33-48,79-80H,57-62H2,1-4H3. The molecule has 2 nitrogen and oxygen atoms in total. The maximum Gasteiger partial charge on any atom is 0.175 e. The Balaban J connectivity index is 0.930. The summed E-state index contributed by atoms with van der Waals surface area (Å²) in [5, 5.41) is 0. The van der Waals surface area contributed by atoms with Gasteiger partial charge in [-0.15, -0.1) is 0 Å². The molecule has 0 saturated carbocycles. The van der Waals surface area contributed by atoms with Crippen molar-refractivity contribution in [1.82, 2.24) is 0 Å². The highest BCUT2D eigenvalue weighted by atomic mass is 16.7. The third-order valence-electron chi connectivity index (χ3n) is 17.6. The number of hydrogen-bond acceptors (Lipinski definition) is 2. The fourth-order valence-electron chi connectivity index (χ4n) is 12.5. The van der Waals surface area contributed by atoms with Crippen molar-refractivity contribution in [2.75, 3.05) is 13.2 Å². The molecule has 2 heteroatoms. The zero-order valence-corrected chi connectivity index (χ0v) is 51.5. The molecular formula is C89H62O2. The minimum atomic E-state index is -0.910. The van der Waals surface area contributed by atoms with E-state index in [1.165, 1.54) is 22.3 Å². The summed E-state index contributed by atoms with van der Waals surface area (Å²) < 4.78 is 14.4. The van der Waals surface area contributed by atoms with Gasteiger partial charge in [-0.3, -0.25) is 0 Å². The van der Waals surface area contributed by atoms with Crippen molar-refractivity contribution in [3.05, 3.63) is 352 Å². The number of ether oxygens (including phenoxy) is 2. The lowest BCUT2D eigenvalue weighted by molar-refractivity contribution is -0.227. The second kappa shape index (κ2) is 26.9. The van der Waals surface area contributed by atoms with E-state index in [9.17, 15) is 0 Å². The first-order chi connectivity index (χ1) is 44.7. The van der Waals surface area contributed by atoms with E-state index in [4.69, 9.17) is 9.47 Å². The van der Waals surface area contributed by atoms with Gasteiger partial charge in [0.1, 0.15) is 0 Å². The van der Waals surface area contributed by atoms with Crippen molar-refractivity contribution in [3.8, 4) is 94.7 Å². The van der Waals surface area contributed by atoms with Crippen LogP contribution in [0.4, 0.5) is 0 Å². The molecule has 0 amide bonds. The maximum absolute atomic E-state index is 7.20. The molecule has 1 aliphatic heterocycles. The van der Waals surface area contributed by atoms with E-state index in [1.807, 2.05) is 121 Å². The molecule has 91 heavy (non-hydrogen) atoms. The molecule has 0 N–H and O–H groups in total. The molecule has 13 rings (SSSR count). The van der Waals surface area contributed by atoms with Crippen LogP contribution >= 0.6 is 0 Å². The first-order valence-electron chi connectivity index (χ1n) is 31.0. The Kier molecular flexibility index (Phi) is 17.3. The Labute approximate surface area is 537 Å². The maximum atomic E-state index is 7.20. The molecule has 0 radical (unpaired) electrons. The predicted octanol–water partition coefficient (Wildman–Crippen LogP) is 16.0. The van der Waals surface area contributed by atoms with Gasteiger partial charge in [-0.1, -0.05) is 168 Å². The highest BCUT2D eigenvalue weighted by Crippen LogP contribution is 2.51. The van der Waals surface area contributed by atoms with E-state index in [0.29, 0.717) is 38.9 Å². The number of hydrogen-bond donors (Lipinski definition) is 0. The van der Waals surface area contributed by atoms with E-state index in [1.54, 1.807) is 0 Å². The molecule has 10 aromatic carbocycles. The molecule has 1 heterocycles. The quantitative estimate of drug-likeness (QED) is 0.141. The lowest BCUT2D eigenvalue weighted by Gasteiger charge is -2.38. The van der Waals surface area contributed by atoms with Gasteiger partial charge in [0, 0.05) is 101 Å². The molecule has 10 aromatic rings. The van der Waals surface area contributed by atoms with Crippen LogP contribution in [0, 0.1) is 134 Å².